The van der Waals surface area contributed by atoms with Crippen molar-refractivity contribution in [1.29, 1.82) is 5.41 Å². The van der Waals surface area contributed by atoms with Crippen LogP contribution in [0, 0.1) is 5.41 Å². The number of allylic oxidation sites excluding steroid dienone is 1. The van der Waals surface area contributed by atoms with Crippen molar-refractivity contribution in [3.63, 3.8) is 0 Å². The molecule has 3 N–H and O–H groups in total. The maximum absolute atomic E-state index is 6.98. The molecule has 0 atom stereocenters. The average molecular weight is 167 g/mol. The Morgan fingerprint density at radius 1 is 1.50 bits per heavy atom. The van der Waals surface area contributed by atoms with Gasteiger partial charge in [0.15, 0.2) is 0 Å². The summed E-state index contributed by atoms with van der Waals surface area (Å²) >= 11 is 0. The SMILES string of the molecule is C/C(C=N)=C/NC1CCNCC1. The van der Waals surface area contributed by atoms with E-state index in [1.165, 1.54) is 19.1 Å². The van der Waals surface area contributed by atoms with Crippen LogP contribution in [0.3, 0.4) is 0 Å². The van der Waals surface area contributed by atoms with Crippen LogP contribution in [-0.2, 0) is 0 Å². The maximum atomic E-state index is 6.98. The van der Waals surface area contributed by atoms with Crippen molar-refractivity contribution in [3.8, 4) is 0 Å². The Hall–Kier alpha value is -0.830. The lowest BCUT2D eigenvalue weighted by Crippen LogP contribution is -2.37. The first-order valence-corrected chi connectivity index (χ1v) is 4.47. The van der Waals surface area contributed by atoms with Crippen molar-refractivity contribution in [3.05, 3.63) is 11.8 Å². The fourth-order valence-corrected chi connectivity index (χ4v) is 1.28. The third kappa shape index (κ3) is 3.05. The first-order valence-electron chi connectivity index (χ1n) is 4.47. The van der Waals surface area contributed by atoms with Crippen molar-refractivity contribution in [2.45, 2.75) is 25.8 Å². The third-order valence-corrected chi connectivity index (χ3v) is 2.11. The lowest BCUT2D eigenvalue weighted by Gasteiger charge is -2.22. The number of rotatable bonds is 3. The molecule has 0 unspecified atom stereocenters. The second-order valence-corrected chi connectivity index (χ2v) is 3.22. The predicted octanol–water partition coefficient (Wildman–Crippen LogP) is 0.881. The van der Waals surface area contributed by atoms with Gasteiger partial charge in [-0.3, -0.25) is 0 Å². The topological polar surface area (TPSA) is 47.9 Å². The molecule has 0 radical (unpaired) electrons. The molecule has 3 heteroatoms. The fraction of sp³-hybridized carbons (Fsp3) is 0.667. The zero-order valence-corrected chi connectivity index (χ0v) is 7.56. The van der Waals surface area contributed by atoms with Gasteiger partial charge in [0.05, 0.1) is 0 Å². The normalized spacial score (nSPS) is 20.6. The summed E-state index contributed by atoms with van der Waals surface area (Å²) in [6.07, 6.45) is 5.67. The molecule has 1 heterocycles. The van der Waals surface area contributed by atoms with E-state index in [-0.39, 0.29) is 0 Å². The Morgan fingerprint density at radius 2 is 2.17 bits per heavy atom. The van der Waals surface area contributed by atoms with E-state index < -0.39 is 0 Å². The Morgan fingerprint density at radius 3 is 2.75 bits per heavy atom. The van der Waals surface area contributed by atoms with Gasteiger partial charge in [0.2, 0.25) is 0 Å². The summed E-state index contributed by atoms with van der Waals surface area (Å²) in [5.74, 6) is 0. The summed E-state index contributed by atoms with van der Waals surface area (Å²) in [6.45, 7) is 4.14. The maximum Gasteiger partial charge on any atom is 0.0280 e. The van der Waals surface area contributed by atoms with Crippen LogP contribution in [0.15, 0.2) is 11.8 Å². The standard InChI is InChI=1S/C9H17N3/c1-8(6-10)7-12-9-2-4-11-5-3-9/h6-7,9-12H,2-5H2,1H3/b8-7-,10-6?. The van der Waals surface area contributed by atoms with Crippen LogP contribution in [0.5, 0.6) is 0 Å². The molecular formula is C9H17N3. The minimum Gasteiger partial charge on any atom is -0.388 e. The van der Waals surface area contributed by atoms with Crippen LogP contribution >= 0.6 is 0 Å². The Bertz CT molecular complexity index is 169. The highest BCUT2D eigenvalue weighted by Crippen LogP contribution is 2.01. The van der Waals surface area contributed by atoms with Crippen molar-refractivity contribution in [1.82, 2.24) is 10.6 Å². The van der Waals surface area contributed by atoms with E-state index in [4.69, 9.17) is 5.41 Å². The molecule has 1 rings (SSSR count). The minimum atomic E-state index is 0.598. The fourth-order valence-electron chi connectivity index (χ4n) is 1.28. The molecule has 0 saturated carbocycles. The lowest BCUT2D eigenvalue weighted by atomic mass is 10.1. The first-order chi connectivity index (χ1) is 5.83. The van der Waals surface area contributed by atoms with Gasteiger partial charge >= 0.3 is 0 Å². The van der Waals surface area contributed by atoms with E-state index in [9.17, 15) is 0 Å². The van der Waals surface area contributed by atoms with Gasteiger partial charge < -0.3 is 16.0 Å². The molecule has 0 aromatic carbocycles. The highest BCUT2D eigenvalue weighted by atomic mass is 15.0. The van der Waals surface area contributed by atoms with Crippen LogP contribution in [0.2, 0.25) is 0 Å². The number of nitrogens with one attached hydrogen (secondary N) is 3. The quantitative estimate of drug-likeness (QED) is 0.546. The summed E-state index contributed by atoms with van der Waals surface area (Å²) in [7, 11) is 0. The third-order valence-electron chi connectivity index (χ3n) is 2.11. The van der Waals surface area contributed by atoms with Crippen LogP contribution in [0.4, 0.5) is 0 Å². The molecule has 0 bridgehead atoms. The Balaban J connectivity index is 2.25. The summed E-state index contributed by atoms with van der Waals surface area (Å²) in [5.41, 5.74) is 0.980. The molecular weight excluding hydrogens is 150 g/mol. The van der Waals surface area contributed by atoms with Gasteiger partial charge in [0, 0.05) is 18.5 Å². The summed E-state index contributed by atoms with van der Waals surface area (Å²) in [6, 6.07) is 0.598. The second-order valence-electron chi connectivity index (χ2n) is 3.22. The van der Waals surface area contributed by atoms with E-state index in [2.05, 4.69) is 10.6 Å². The van der Waals surface area contributed by atoms with Crippen molar-refractivity contribution in [2.75, 3.05) is 13.1 Å². The summed E-state index contributed by atoms with van der Waals surface area (Å²) < 4.78 is 0. The molecule has 0 aliphatic carbocycles. The van der Waals surface area contributed by atoms with Gasteiger partial charge in [-0.2, -0.15) is 0 Å². The zero-order chi connectivity index (χ0) is 8.81. The monoisotopic (exact) mass is 167 g/mol. The number of hydrogen-bond donors (Lipinski definition) is 3. The zero-order valence-electron chi connectivity index (χ0n) is 7.56. The highest BCUT2D eigenvalue weighted by Gasteiger charge is 2.09. The van der Waals surface area contributed by atoms with Crippen LogP contribution in [-0.4, -0.2) is 25.3 Å². The number of piperidine rings is 1. The van der Waals surface area contributed by atoms with Gasteiger partial charge in [-0.1, -0.05) is 0 Å². The van der Waals surface area contributed by atoms with Crippen LogP contribution in [0.25, 0.3) is 0 Å². The molecule has 3 nitrogen and oxygen atoms in total. The van der Waals surface area contributed by atoms with Crippen molar-refractivity contribution in [2.24, 2.45) is 0 Å². The summed E-state index contributed by atoms with van der Waals surface area (Å²) in [4.78, 5) is 0. The molecule has 12 heavy (non-hydrogen) atoms. The molecule has 0 spiro atoms. The largest absolute Gasteiger partial charge is 0.388 e. The minimum absolute atomic E-state index is 0.598. The van der Waals surface area contributed by atoms with Gasteiger partial charge in [-0.25, -0.2) is 0 Å². The van der Waals surface area contributed by atoms with E-state index in [1.807, 2.05) is 13.1 Å². The van der Waals surface area contributed by atoms with E-state index in [0.29, 0.717) is 6.04 Å². The van der Waals surface area contributed by atoms with Gasteiger partial charge in [0.1, 0.15) is 0 Å². The van der Waals surface area contributed by atoms with Gasteiger partial charge in [-0.05, 0) is 38.4 Å². The molecule has 0 amide bonds. The lowest BCUT2D eigenvalue weighted by molar-refractivity contribution is 0.419. The molecule has 1 aliphatic heterocycles. The second kappa shape index (κ2) is 4.93. The van der Waals surface area contributed by atoms with Gasteiger partial charge in [-0.15, -0.1) is 0 Å². The molecule has 0 aromatic rings. The predicted molar refractivity (Wildman–Crippen MR) is 51.6 cm³/mol. The van der Waals surface area contributed by atoms with E-state index in [1.54, 1.807) is 0 Å². The first kappa shape index (κ1) is 9.26. The summed E-state index contributed by atoms with van der Waals surface area (Å²) in [5, 5.41) is 13.6. The van der Waals surface area contributed by atoms with E-state index in [0.717, 1.165) is 18.7 Å². The van der Waals surface area contributed by atoms with Crippen LogP contribution < -0.4 is 10.6 Å². The molecule has 1 aliphatic rings. The van der Waals surface area contributed by atoms with Crippen molar-refractivity contribution >= 4 is 6.21 Å². The molecule has 0 aromatic heterocycles. The molecule has 68 valence electrons. The average Bonchev–Trinajstić information content (AvgIpc) is 2.16. The molecule has 1 saturated heterocycles. The van der Waals surface area contributed by atoms with E-state index >= 15 is 0 Å². The van der Waals surface area contributed by atoms with Crippen molar-refractivity contribution < 1.29 is 0 Å². The van der Waals surface area contributed by atoms with Crippen LogP contribution in [0.1, 0.15) is 19.8 Å². The Kier molecular flexibility index (Phi) is 3.80. The Labute approximate surface area is 73.7 Å². The smallest absolute Gasteiger partial charge is 0.0280 e. The number of hydrogen-bond acceptors (Lipinski definition) is 3. The van der Waals surface area contributed by atoms with Gasteiger partial charge in [0.25, 0.3) is 0 Å². The molecule has 1 fully saturated rings. The highest BCUT2D eigenvalue weighted by molar-refractivity contribution is 5.74.